The molecule has 3 aromatic rings. The zero-order valence-electron chi connectivity index (χ0n) is 12.9. The third-order valence-corrected chi connectivity index (χ3v) is 4.70. The molecule has 0 radical (unpaired) electrons. The predicted molar refractivity (Wildman–Crippen MR) is 95.1 cm³/mol. The highest BCUT2D eigenvalue weighted by Crippen LogP contribution is 2.23. The second-order valence-corrected chi connectivity index (χ2v) is 6.57. The van der Waals surface area contributed by atoms with Crippen LogP contribution < -0.4 is 5.32 Å². The van der Waals surface area contributed by atoms with Gasteiger partial charge in [-0.3, -0.25) is 14.5 Å². The van der Waals surface area contributed by atoms with Crippen molar-refractivity contribution in [3.05, 3.63) is 51.9 Å². The first-order valence-corrected chi connectivity index (χ1v) is 8.58. The van der Waals surface area contributed by atoms with Gasteiger partial charge in [-0.1, -0.05) is 6.07 Å². The molecule has 0 bridgehead atoms. The van der Waals surface area contributed by atoms with Gasteiger partial charge in [0.15, 0.2) is 10.6 Å². The molecule has 0 unspecified atom stereocenters. The van der Waals surface area contributed by atoms with Gasteiger partial charge in [0.2, 0.25) is 5.91 Å². The molecule has 5 nitrogen and oxygen atoms in total. The molecule has 0 saturated heterocycles. The molecular weight excluding hydrogens is 347 g/mol. The highest BCUT2D eigenvalue weighted by molar-refractivity contribution is 7.71. The van der Waals surface area contributed by atoms with Gasteiger partial charge in [-0.2, -0.15) is 5.10 Å². The Labute approximate surface area is 147 Å². The van der Waals surface area contributed by atoms with E-state index >= 15 is 0 Å². The maximum absolute atomic E-state index is 13.1. The van der Waals surface area contributed by atoms with Gasteiger partial charge < -0.3 is 5.32 Å². The number of halogens is 1. The monoisotopic (exact) mass is 362 g/mol. The van der Waals surface area contributed by atoms with E-state index in [-0.39, 0.29) is 18.1 Å². The Bertz CT molecular complexity index is 915. The summed E-state index contributed by atoms with van der Waals surface area (Å²) < 4.78 is 15.4. The quantitative estimate of drug-likeness (QED) is 0.671. The number of aromatic amines is 1. The zero-order chi connectivity index (χ0) is 17.1. The molecular formula is C16H15FN4OS2. The number of aryl methyl sites for hydroxylation is 1. The summed E-state index contributed by atoms with van der Waals surface area (Å²) in [5, 5.41) is 11.7. The predicted octanol–water partition coefficient (Wildman–Crippen LogP) is 4.15. The van der Waals surface area contributed by atoms with Crippen molar-refractivity contribution in [2.75, 3.05) is 5.32 Å². The summed E-state index contributed by atoms with van der Waals surface area (Å²) in [5.41, 5.74) is 1.29. The lowest BCUT2D eigenvalue weighted by Crippen LogP contribution is -2.15. The third-order valence-electron chi connectivity index (χ3n) is 3.52. The normalized spacial score (nSPS) is 10.8. The van der Waals surface area contributed by atoms with Crippen molar-refractivity contribution < 1.29 is 9.18 Å². The number of benzene rings is 1. The van der Waals surface area contributed by atoms with Crippen LogP contribution in [-0.2, 0) is 11.3 Å². The molecule has 0 fully saturated rings. The Morgan fingerprint density at radius 2 is 2.29 bits per heavy atom. The number of thiophene rings is 1. The molecule has 0 aliphatic carbocycles. The van der Waals surface area contributed by atoms with Crippen LogP contribution in [0.2, 0.25) is 0 Å². The van der Waals surface area contributed by atoms with Crippen molar-refractivity contribution in [1.82, 2.24) is 14.8 Å². The molecule has 0 saturated carbocycles. The number of hydrogen-bond acceptors (Lipinski definition) is 4. The average molecular weight is 362 g/mol. The minimum Gasteiger partial charge on any atom is -0.326 e. The van der Waals surface area contributed by atoms with Crippen LogP contribution in [0.1, 0.15) is 12.0 Å². The second-order valence-electron chi connectivity index (χ2n) is 5.24. The van der Waals surface area contributed by atoms with E-state index in [9.17, 15) is 9.18 Å². The van der Waals surface area contributed by atoms with Crippen molar-refractivity contribution in [2.24, 2.45) is 0 Å². The molecule has 2 N–H and O–H groups in total. The smallest absolute Gasteiger partial charge is 0.226 e. The molecule has 0 aliphatic heterocycles. The molecule has 3 rings (SSSR count). The van der Waals surface area contributed by atoms with Gasteiger partial charge in [0.25, 0.3) is 0 Å². The molecule has 0 spiro atoms. The van der Waals surface area contributed by atoms with Gasteiger partial charge in [0, 0.05) is 18.7 Å². The summed E-state index contributed by atoms with van der Waals surface area (Å²) in [4.78, 5) is 13.2. The molecule has 2 heterocycles. The number of aromatic nitrogens is 3. The minimum atomic E-state index is -0.323. The highest BCUT2D eigenvalue weighted by Gasteiger charge is 2.12. The van der Waals surface area contributed by atoms with Gasteiger partial charge in [-0.15, -0.1) is 11.3 Å². The first-order valence-electron chi connectivity index (χ1n) is 7.29. The number of rotatable bonds is 5. The van der Waals surface area contributed by atoms with Gasteiger partial charge >= 0.3 is 0 Å². The van der Waals surface area contributed by atoms with E-state index in [0.29, 0.717) is 22.6 Å². The van der Waals surface area contributed by atoms with Gasteiger partial charge in [0.05, 0.1) is 4.88 Å². The van der Waals surface area contributed by atoms with Crippen LogP contribution in [0.15, 0.2) is 35.7 Å². The molecule has 1 amide bonds. The van der Waals surface area contributed by atoms with Crippen LogP contribution in [0.5, 0.6) is 0 Å². The summed E-state index contributed by atoms with van der Waals surface area (Å²) >= 11 is 6.80. The lowest BCUT2D eigenvalue weighted by atomic mass is 10.2. The lowest BCUT2D eigenvalue weighted by Gasteiger charge is -2.09. The summed E-state index contributed by atoms with van der Waals surface area (Å²) in [7, 11) is 0. The van der Waals surface area contributed by atoms with Gasteiger partial charge in [-0.05, 0) is 54.4 Å². The summed E-state index contributed by atoms with van der Waals surface area (Å²) in [5.74, 6) is 0.237. The zero-order valence-corrected chi connectivity index (χ0v) is 14.5. The largest absolute Gasteiger partial charge is 0.326 e. The van der Waals surface area contributed by atoms with Crippen LogP contribution in [0.3, 0.4) is 0 Å². The molecule has 1 aromatic carbocycles. The number of carbonyl (C=O) groups is 1. The molecule has 0 aliphatic rings. The van der Waals surface area contributed by atoms with E-state index in [0.717, 1.165) is 10.7 Å². The van der Waals surface area contributed by atoms with Crippen molar-refractivity contribution in [3.8, 4) is 10.7 Å². The van der Waals surface area contributed by atoms with Gasteiger partial charge in [0.1, 0.15) is 5.82 Å². The van der Waals surface area contributed by atoms with E-state index in [4.69, 9.17) is 12.2 Å². The van der Waals surface area contributed by atoms with Crippen molar-refractivity contribution in [2.45, 2.75) is 19.9 Å². The summed E-state index contributed by atoms with van der Waals surface area (Å²) in [6.45, 7) is 2.16. The fraction of sp³-hybridized carbons (Fsp3) is 0.188. The van der Waals surface area contributed by atoms with E-state index in [1.54, 1.807) is 28.9 Å². The summed E-state index contributed by atoms with van der Waals surface area (Å²) in [6, 6.07) is 8.16. The Hall–Kier alpha value is -2.32. The Morgan fingerprint density at radius 1 is 1.46 bits per heavy atom. The van der Waals surface area contributed by atoms with Crippen molar-refractivity contribution in [1.29, 1.82) is 0 Å². The molecule has 0 atom stereocenters. The highest BCUT2D eigenvalue weighted by atomic mass is 32.1. The molecule has 2 aromatic heterocycles. The van der Waals surface area contributed by atoms with Gasteiger partial charge in [-0.25, -0.2) is 4.39 Å². The maximum Gasteiger partial charge on any atom is 0.226 e. The van der Waals surface area contributed by atoms with E-state index < -0.39 is 0 Å². The van der Waals surface area contributed by atoms with Crippen LogP contribution in [0.25, 0.3) is 10.7 Å². The maximum atomic E-state index is 13.1. The van der Waals surface area contributed by atoms with Crippen LogP contribution >= 0.6 is 23.6 Å². The second kappa shape index (κ2) is 7.06. The molecule has 8 heteroatoms. The first kappa shape index (κ1) is 16.5. The third kappa shape index (κ3) is 3.60. The Kier molecular flexibility index (Phi) is 4.86. The molecule has 24 heavy (non-hydrogen) atoms. The average Bonchev–Trinajstić information content (AvgIpc) is 3.17. The number of nitrogens with one attached hydrogen (secondary N) is 2. The lowest BCUT2D eigenvalue weighted by molar-refractivity contribution is -0.116. The number of carbonyl (C=O) groups excluding carboxylic acids is 1. The standard InChI is InChI=1S/C16H15FN4OS2/c1-10-9-11(17)4-5-12(10)18-14(22)6-7-21-15(19-20-16(21)23)13-3-2-8-24-13/h2-5,8-9H,6-7H2,1H3,(H,18,22)(H,20,23). The van der Waals surface area contributed by atoms with Crippen molar-refractivity contribution in [3.63, 3.8) is 0 Å². The number of H-pyrrole nitrogens is 1. The van der Waals surface area contributed by atoms with Crippen LogP contribution in [0, 0.1) is 17.5 Å². The topological polar surface area (TPSA) is 62.7 Å². The SMILES string of the molecule is Cc1cc(F)ccc1NC(=O)CCn1c(-c2cccs2)n[nH]c1=S. The fourth-order valence-corrected chi connectivity index (χ4v) is 3.26. The van der Waals surface area contributed by atoms with E-state index in [2.05, 4.69) is 15.5 Å². The summed E-state index contributed by atoms with van der Waals surface area (Å²) in [6.07, 6.45) is 0.239. The van der Waals surface area contributed by atoms with Crippen LogP contribution in [-0.4, -0.2) is 20.7 Å². The molecule has 124 valence electrons. The van der Waals surface area contributed by atoms with E-state index in [1.165, 1.54) is 12.1 Å². The number of amides is 1. The van der Waals surface area contributed by atoms with Crippen LogP contribution in [0.4, 0.5) is 10.1 Å². The number of nitrogens with zero attached hydrogens (tertiary/aromatic N) is 2. The fourth-order valence-electron chi connectivity index (χ4n) is 2.31. The minimum absolute atomic E-state index is 0.162. The Morgan fingerprint density at radius 3 is 3.00 bits per heavy atom. The Balaban J connectivity index is 1.69. The van der Waals surface area contributed by atoms with Crippen molar-refractivity contribution >= 4 is 35.1 Å². The number of hydrogen-bond donors (Lipinski definition) is 2. The first-order chi connectivity index (χ1) is 11.5. The number of anilines is 1. The van der Waals surface area contributed by atoms with E-state index in [1.807, 2.05) is 17.5 Å².